The van der Waals surface area contributed by atoms with Crippen molar-refractivity contribution in [2.24, 2.45) is 0 Å². The molecule has 1 atom stereocenters. The fourth-order valence-electron chi connectivity index (χ4n) is 3.66. The molecule has 128 valence electrons. The Balaban J connectivity index is 1.94. The molecule has 1 heterocycles. The van der Waals surface area contributed by atoms with Gasteiger partial charge in [-0.25, -0.2) is 0 Å². The van der Waals surface area contributed by atoms with Crippen LogP contribution < -0.4 is 0 Å². The molecule has 3 rings (SSSR count). The molecule has 1 aliphatic rings. The van der Waals surface area contributed by atoms with Gasteiger partial charge in [0.15, 0.2) is 0 Å². The Hall–Kier alpha value is -2.27. The number of hydrogen-bond donors (Lipinski definition) is 2. The largest absolute Gasteiger partial charge is 0.508 e. The maximum absolute atomic E-state index is 12.3. The highest BCUT2D eigenvalue weighted by atomic mass is 16.4. The fraction of sp³-hybridized carbons (Fsp3) is 0.421. The highest BCUT2D eigenvalue weighted by Gasteiger charge is 2.46. The highest BCUT2D eigenvalue weighted by Crippen LogP contribution is 2.36. The third-order valence-electron chi connectivity index (χ3n) is 4.90. The molecule has 0 spiro atoms. The first-order chi connectivity index (χ1) is 11.5. The van der Waals surface area contributed by atoms with E-state index in [1.807, 2.05) is 23.1 Å². The zero-order valence-electron chi connectivity index (χ0n) is 13.9. The maximum Gasteiger partial charge on any atom is 0.324 e. The lowest BCUT2D eigenvalue weighted by molar-refractivity contribution is -0.153. The minimum absolute atomic E-state index is 0.234. The zero-order valence-corrected chi connectivity index (χ0v) is 13.9. The van der Waals surface area contributed by atoms with Crippen molar-refractivity contribution >= 4 is 5.97 Å². The molecule has 24 heavy (non-hydrogen) atoms. The molecule has 0 radical (unpaired) electrons. The van der Waals surface area contributed by atoms with Gasteiger partial charge < -0.3 is 14.6 Å². The van der Waals surface area contributed by atoms with Gasteiger partial charge in [0.1, 0.15) is 17.0 Å². The molecule has 2 N–H and O–H groups in total. The van der Waals surface area contributed by atoms with E-state index in [0.717, 1.165) is 23.3 Å². The van der Waals surface area contributed by atoms with Gasteiger partial charge in [-0.05, 0) is 61.2 Å². The van der Waals surface area contributed by atoms with Crippen molar-refractivity contribution in [3.8, 4) is 5.75 Å². The smallest absolute Gasteiger partial charge is 0.324 e. The van der Waals surface area contributed by atoms with Gasteiger partial charge in [0.25, 0.3) is 0 Å². The van der Waals surface area contributed by atoms with Crippen LogP contribution in [-0.2, 0) is 24.2 Å². The summed E-state index contributed by atoms with van der Waals surface area (Å²) < 4.78 is 5.44. The van der Waals surface area contributed by atoms with Gasteiger partial charge in [-0.15, -0.1) is 0 Å². The topological polar surface area (TPSA) is 73.9 Å². The molecule has 0 bridgehead atoms. The Labute approximate surface area is 141 Å². The Kier molecular flexibility index (Phi) is 4.62. The SMILES string of the molecule is CCCN(Cc1ccco1)C1(C(=O)O)CCc2cc(O)ccc2C1. The lowest BCUT2D eigenvalue weighted by atomic mass is 9.76. The van der Waals surface area contributed by atoms with Crippen molar-refractivity contribution in [1.29, 1.82) is 0 Å². The second-order valence-electron chi connectivity index (χ2n) is 6.47. The van der Waals surface area contributed by atoms with E-state index >= 15 is 0 Å². The molecule has 1 aliphatic carbocycles. The predicted molar refractivity (Wildman–Crippen MR) is 89.9 cm³/mol. The van der Waals surface area contributed by atoms with Crippen molar-refractivity contribution in [3.63, 3.8) is 0 Å². The number of aromatic hydroxyl groups is 1. The number of carboxylic acids is 1. The third kappa shape index (κ3) is 3.04. The maximum atomic E-state index is 12.3. The first-order valence-corrected chi connectivity index (χ1v) is 8.37. The van der Waals surface area contributed by atoms with E-state index in [2.05, 4.69) is 6.92 Å². The summed E-state index contributed by atoms with van der Waals surface area (Å²) in [5.74, 6) is 0.222. The van der Waals surface area contributed by atoms with Crippen molar-refractivity contribution in [3.05, 3.63) is 53.5 Å². The van der Waals surface area contributed by atoms with Crippen LogP contribution in [0.25, 0.3) is 0 Å². The molecular weight excluding hydrogens is 306 g/mol. The number of furan rings is 1. The lowest BCUT2D eigenvalue weighted by Crippen LogP contribution is -2.57. The Bertz CT molecular complexity index is 710. The van der Waals surface area contributed by atoms with E-state index in [0.29, 0.717) is 32.4 Å². The Morgan fingerprint density at radius 1 is 1.33 bits per heavy atom. The van der Waals surface area contributed by atoms with E-state index in [1.165, 1.54) is 0 Å². The molecule has 1 aromatic carbocycles. The number of nitrogens with zero attached hydrogens (tertiary/aromatic N) is 1. The second kappa shape index (κ2) is 6.69. The number of aryl methyl sites for hydroxylation is 1. The minimum atomic E-state index is -0.938. The van der Waals surface area contributed by atoms with E-state index in [1.54, 1.807) is 18.4 Å². The van der Waals surface area contributed by atoms with Gasteiger partial charge in [0.2, 0.25) is 0 Å². The quantitative estimate of drug-likeness (QED) is 0.851. The molecular formula is C19H23NO4. The highest BCUT2D eigenvalue weighted by molar-refractivity contribution is 5.80. The summed E-state index contributed by atoms with van der Waals surface area (Å²) in [6.45, 7) is 3.24. The average Bonchev–Trinajstić information content (AvgIpc) is 3.07. The van der Waals surface area contributed by atoms with E-state index in [-0.39, 0.29) is 5.75 Å². The molecule has 5 nitrogen and oxygen atoms in total. The van der Waals surface area contributed by atoms with Crippen LogP contribution in [0, 0.1) is 0 Å². The number of phenols is 1. The average molecular weight is 329 g/mol. The van der Waals surface area contributed by atoms with Crippen molar-refractivity contribution in [2.75, 3.05) is 6.54 Å². The van der Waals surface area contributed by atoms with Crippen molar-refractivity contribution < 1.29 is 19.4 Å². The van der Waals surface area contributed by atoms with Crippen LogP contribution in [0.2, 0.25) is 0 Å². The van der Waals surface area contributed by atoms with Crippen LogP contribution in [-0.4, -0.2) is 33.2 Å². The zero-order chi connectivity index (χ0) is 17.2. The minimum Gasteiger partial charge on any atom is -0.508 e. The Morgan fingerprint density at radius 2 is 2.17 bits per heavy atom. The van der Waals surface area contributed by atoms with E-state index in [4.69, 9.17) is 4.42 Å². The van der Waals surface area contributed by atoms with Crippen LogP contribution in [0.4, 0.5) is 0 Å². The number of hydrogen-bond acceptors (Lipinski definition) is 4. The summed E-state index contributed by atoms with van der Waals surface area (Å²) in [5, 5.41) is 19.7. The summed E-state index contributed by atoms with van der Waals surface area (Å²) in [5.41, 5.74) is 1.11. The summed E-state index contributed by atoms with van der Waals surface area (Å²) in [6.07, 6.45) is 4.11. The lowest BCUT2D eigenvalue weighted by Gasteiger charge is -2.43. The molecule has 0 saturated heterocycles. The predicted octanol–water partition coefficient (Wildman–Crippen LogP) is 3.21. The van der Waals surface area contributed by atoms with E-state index < -0.39 is 11.5 Å². The summed E-state index contributed by atoms with van der Waals surface area (Å²) >= 11 is 0. The fourth-order valence-corrected chi connectivity index (χ4v) is 3.66. The number of phenolic OH excluding ortho intramolecular Hbond substituents is 1. The van der Waals surface area contributed by atoms with Crippen molar-refractivity contribution in [1.82, 2.24) is 4.90 Å². The second-order valence-corrected chi connectivity index (χ2v) is 6.47. The van der Waals surface area contributed by atoms with Crippen molar-refractivity contribution in [2.45, 2.75) is 44.7 Å². The van der Waals surface area contributed by atoms with Crippen LogP contribution >= 0.6 is 0 Å². The summed E-state index contributed by atoms with van der Waals surface area (Å²) in [7, 11) is 0. The summed E-state index contributed by atoms with van der Waals surface area (Å²) in [4.78, 5) is 14.3. The van der Waals surface area contributed by atoms with Crippen LogP contribution in [0.1, 0.15) is 36.7 Å². The van der Waals surface area contributed by atoms with Gasteiger partial charge in [-0.1, -0.05) is 13.0 Å². The number of carbonyl (C=O) groups is 1. The van der Waals surface area contributed by atoms with Crippen LogP contribution in [0.15, 0.2) is 41.0 Å². The molecule has 0 saturated carbocycles. The molecule has 0 fully saturated rings. The normalized spacial score (nSPS) is 20.1. The monoisotopic (exact) mass is 329 g/mol. The van der Waals surface area contributed by atoms with Gasteiger partial charge in [-0.3, -0.25) is 9.69 Å². The van der Waals surface area contributed by atoms with Gasteiger partial charge in [0.05, 0.1) is 12.8 Å². The van der Waals surface area contributed by atoms with E-state index in [9.17, 15) is 15.0 Å². The van der Waals surface area contributed by atoms with Crippen LogP contribution in [0.5, 0.6) is 5.75 Å². The van der Waals surface area contributed by atoms with Gasteiger partial charge in [-0.2, -0.15) is 0 Å². The molecule has 1 aromatic heterocycles. The number of carboxylic acid groups (broad SMARTS) is 1. The number of fused-ring (bicyclic) bond motifs is 1. The number of aliphatic carboxylic acids is 1. The Morgan fingerprint density at radius 3 is 2.83 bits per heavy atom. The molecule has 0 aliphatic heterocycles. The third-order valence-corrected chi connectivity index (χ3v) is 4.90. The molecule has 5 heteroatoms. The number of benzene rings is 1. The standard InChI is InChI=1S/C19H23NO4/c1-2-9-20(13-17-4-3-10-24-17)19(18(22)23)8-7-14-11-16(21)6-5-15(14)12-19/h3-6,10-11,21H,2,7-9,12-13H2,1H3,(H,22,23). The van der Waals surface area contributed by atoms with Gasteiger partial charge >= 0.3 is 5.97 Å². The van der Waals surface area contributed by atoms with Gasteiger partial charge in [0, 0.05) is 6.42 Å². The first kappa shape index (κ1) is 16.6. The summed E-state index contributed by atoms with van der Waals surface area (Å²) in [6, 6.07) is 8.93. The van der Waals surface area contributed by atoms with Crippen LogP contribution in [0.3, 0.4) is 0 Å². The molecule has 2 aromatic rings. The molecule has 0 amide bonds. The number of rotatable bonds is 6. The first-order valence-electron chi connectivity index (χ1n) is 8.37. The molecule has 1 unspecified atom stereocenters.